The van der Waals surface area contributed by atoms with Gasteiger partial charge in [-0.3, -0.25) is 9.59 Å². The van der Waals surface area contributed by atoms with E-state index in [1.807, 2.05) is 78.9 Å². The van der Waals surface area contributed by atoms with Crippen molar-refractivity contribution in [3.8, 4) is 5.75 Å². The largest absolute Gasteiger partial charge is 0.497 e. The second kappa shape index (κ2) is 10.7. The summed E-state index contributed by atoms with van der Waals surface area (Å²) < 4.78 is 6.36. The van der Waals surface area contributed by atoms with Gasteiger partial charge >= 0.3 is 0 Å². The number of nitrogens with zero attached hydrogens (tertiary/aromatic N) is 3. The Morgan fingerprint density at radius 2 is 1.75 bits per heavy atom. The number of amides is 2. The SMILES string of the molecule is COc1ccc([C@@H]2CC(c3ccccc3)=NN2C(=O)CCC(=O)NCc2nc3ccccc3s2)cc1. The molecule has 7 nitrogen and oxygen atoms in total. The first-order valence-corrected chi connectivity index (χ1v) is 12.6. The number of hydrogen-bond acceptors (Lipinski definition) is 6. The molecule has 0 bridgehead atoms. The molecule has 182 valence electrons. The van der Waals surface area contributed by atoms with Crippen molar-refractivity contribution in [1.29, 1.82) is 0 Å². The van der Waals surface area contributed by atoms with E-state index in [1.165, 1.54) is 5.01 Å². The first kappa shape index (κ1) is 23.7. The van der Waals surface area contributed by atoms with Crippen LogP contribution in [0, 0.1) is 0 Å². The summed E-state index contributed by atoms with van der Waals surface area (Å²) in [5.74, 6) is 0.385. The Morgan fingerprint density at radius 1 is 1.00 bits per heavy atom. The second-order valence-electron chi connectivity index (χ2n) is 8.50. The quantitative estimate of drug-likeness (QED) is 0.367. The zero-order chi connectivity index (χ0) is 24.9. The number of thiazole rings is 1. The highest BCUT2D eigenvalue weighted by molar-refractivity contribution is 7.18. The number of methoxy groups -OCH3 is 1. The average molecular weight is 499 g/mol. The third-order valence-corrected chi connectivity index (χ3v) is 7.15. The van der Waals surface area contributed by atoms with E-state index in [4.69, 9.17) is 4.74 Å². The lowest BCUT2D eigenvalue weighted by atomic mass is 9.98. The summed E-state index contributed by atoms with van der Waals surface area (Å²) in [4.78, 5) is 30.3. The molecule has 3 aromatic carbocycles. The summed E-state index contributed by atoms with van der Waals surface area (Å²) in [5, 5.41) is 9.94. The third-order valence-electron chi connectivity index (χ3n) is 6.11. The van der Waals surface area contributed by atoms with Crippen molar-refractivity contribution in [3.05, 3.63) is 95.0 Å². The minimum absolute atomic E-state index is 0.0733. The molecule has 0 unspecified atom stereocenters. The van der Waals surface area contributed by atoms with E-state index < -0.39 is 0 Å². The Bertz CT molecular complexity index is 1370. The van der Waals surface area contributed by atoms with E-state index in [0.29, 0.717) is 13.0 Å². The van der Waals surface area contributed by atoms with E-state index in [1.54, 1.807) is 18.4 Å². The summed E-state index contributed by atoms with van der Waals surface area (Å²) in [6.45, 7) is 0.348. The fourth-order valence-corrected chi connectivity index (χ4v) is 5.13. The zero-order valence-electron chi connectivity index (χ0n) is 19.9. The predicted octanol–water partition coefficient (Wildman–Crippen LogP) is 5.08. The Balaban J connectivity index is 1.24. The Hall–Kier alpha value is -4.04. The molecule has 8 heteroatoms. The summed E-state index contributed by atoms with van der Waals surface area (Å²) in [6.07, 6.45) is 0.765. The first-order chi connectivity index (χ1) is 17.6. The molecule has 0 aliphatic carbocycles. The monoisotopic (exact) mass is 498 g/mol. The van der Waals surface area contributed by atoms with Gasteiger partial charge < -0.3 is 10.1 Å². The molecule has 1 aromatic heterocycles. The molecule has 5 rings (SSSR count). The second-order valence-corrected chi connectivity index (χ2v) is 9.61. The van der Waals surface area contributed by atoms with Crippen molar-refractivity contribution in [2.75, 3.05) is 7.11 Å². The summed E-state index contributed by atoms with van der Waals surface area (Å²) in [6, 6.07) is 25.2. The minimum atomic E-state index is -0.232. The van der Waals surface area contributed by atoms with E-state index in [-0.39, 0.29) is 30.7 Å². The average Bonchev–Trinajstić information content (AvgIpc) is 3.56. The third kappa shape index (κ3) is 5.28. The lowest BCUT2D eigenvalue weighted by Crippen LogP contribution is -2.29. The number of rotatable bonds is 8. The van der Waals surface area contributed by atoms with Crippen LogP contribution in [-0.4, -0.2) is 34.6 Å². The number of carbonyl (C=O) groups excluding carboxylic acids is 2. The van der Waals surface area contributed by atoms with Crippen LogP contribution in [0.5, 0.6) is 5.75 Å². The number of hydrogen-bond donors (Lipinski definition) is 1. The minimum Gasteiger partial charge on any atom is -0.497 e. The van der Waals surface area contributed by atoms with E-state index in [2.05, 4.69) is 15.4 Å². The molecule has 0 fully saturated rings. The van der Waals surface area contributed by atoms with Gasteiger partial charge in [-0.15, -0.1) is 11.3 Å². The van der Waals surface area contributed by atoms with Gasteiger partial charge in [0, 0.05) is 19.3 Å². The Kier molecular flexibility index (Phi) is 7.04. The molecule has 0 saturated heterocycles. The van der Waals surface area contributed by atoms with Crippen LogP contribution in [0.25, 0.3) is 10.2 Å². The van der Waals surface area contributed by atoms with E-state index in [9.17, 15) is 9.59 Å². The highest BCUT2D eigenvalue weighted by Gasteiger charge is 2.33. The number of fused-ring (bicyclic) bond motifs is 1. The number of hydrazone groups is 1. The fraction of sp³-hybridized carbons (Fsp3) is 0.214. The van der Waals surface area contributed by atoms with E-state index >= 15 is 0 Å². The van der Waals surface area contributed by atoms with Crippen LogP contribution >= 0.6 is 11.3 Å². The molecule has 2 amide bonds. The molecule has 0 spiro atoms. The molecule has 1 atom stereocenters. The molecule has 2 heterocycles. The molecule has 36 heavy (non-hydrogen) atoms. The molecule has 1 N–H and O–H groups in total. The highest BCUT2D eigenvalue weighted by Crippen LogP contribution is 2.34. The number of para-hydroxylation sites is 1. The smallest absolute Gasteiger partial charge is 0.243 e. The van der Waals surface area contributed by atoms with Crippen molar-refractivity contribution in [2.24, 2.45) is 5.10 Å². The highest BCUT2D eigenvalue weighted by atomic mass is 32.1. The van der Waals surface area contributed by atoms with Gasteiger partial charge in [0.05, 0.1) is 35.6 Å². The van der Waals surface area contributed by atoms with E-state index in [0.717, 1.165) is 37.8 Å². The first-order valence-electron chi connectivity index (χ1n) is 11.8. The summed E-state index contributed by atoms with van der Waals surface area (Å²) in [5.41, 5.74) is 3.73. The summed E-state index contributed by atoms with van der Waals surface area (Å²) >= 11 is 1.55. The molecule has 0 saturated carbocycles. The van der Waals surface area contributed by atoms with Crippen LogP contribution < -0.4 is 10.1 Å². The maximum atomic E-state index is 13.2. The standard InChI is InChI=1S/C28H26N4O3S/c1-35-21-13-11-20(12-14-21)24-17-23(19-7-3-2-4-8-19)31-32(24)28(34)16-15-26(33)29-18-27-30-22-9-5-6-10-25(22)36-27/h2-14,24H,15-18H2,1H3,(H,29,33)/t24-/m0/s1. The molecular formula is C28H26N4O3S. The molecule has 4 aromatic rings. The van der Waals surface area contributed by atoms with Gasteiger partial charge in [0.25, 0.3) is 0 Å². The predicted molar refractivity (Wildman–Crippen MR) is 141 cm³/mol. The van der Waals surface area contributed by atoms with Crippen molar-refractivity contribution in [1.82, 2.24) is 15.3 Å². The topological polar surface area (TPSA) is 83.9 Å². The van der Waals surface area contributed by atoms with Gasteiger partial charge in [0.1, 0.15) is 10.8 Å². The number of benzene rings is 3. The summed E-state index contributed by atoms with van der Waals surface area (Å²) in [7, 11) is 1.62. The maximum Gasteiger partial charge on any atom is 0.243 e. The Morgan fingerprint density at radius 3 is 2.50 bits per heavy atom. The number of aromatic nitrogens is 1. The normalized spacial score (nSPS) is 15.1. The van der Waals surface area contributed by atoms with Crippen LogP contribution in [0.15, 0.2) is 84.0 Å². The van der Waals surface area contributed by atoms with Gasteiger partial charge in [-0.05, 0) is 35.4 Å². The zero-order valence-corrected chi connectivity index (χ0v) is 20.7. The molecular weight excluding hydrogens is 472 g/mol. The number of carbonyl (C=O) groups is 2. The van der Waals surface area contributed by atoms with Crippen LogP contribution in [-0.2, 0) is 16.1 Å². The molecule has 0 radical (unpaired) electrons. The van der Waals surface area contributed by atoms with Crippen LogP contribution in [0.2, 0.25) is 0 Å². The van der Waals surface area contributed by atoms with Crippen molar-refractivity contribution in [3.63, 3.8) is 0 Å². The van der Waals surface area contributed by atoms with Gasteiger partial charge in [0.15, 0.2) is 0 Å². The van der Waals surface area contributed by atoms with Gasteiger partial charge in [-0.25, -0.2) is 9.99 Å². The fourth-order valence-electron chi connectivity index (χ4n) is 4.22. The van der Waals surface area contributed by atoms with Gasteiger partial charge in [-0.2, -0.15) is 5.10 Å². The lowest BCUT2D eigenvalue weighted by Gasteiger charge is -2.22. The van der Waals surface area contributed by atoms with Gasteiger partial charge in [-0.1, -0.05) is 54.6 Å². The Labute approximate surface area is 213 Å². The van der Waals surface area contributed by atoms with Crippen molar-refractivity contribution >= 4 is 39.1 Å². The van der Waals surface area contributed by atoms with Crippen LogP contribution in [0.4, 0.5) is 0 Å². The number of ether oxygens (including phenoxy) is 1. The molecule has 1 aliphatic rings. The maximum absolute atomic E-state index is 13.2. The lowest BCUT2D eigenvalue weighted by molar-refractivity contribution is -0.135. The van der Waals surface area contributed by atoms with Crippen LogP contribution in [0.1, 0.15) is 41.4 Å². The van der Waals surface area contributed by atoms with Gasteiger partial charge in [0.2, 0.25) is 11.8 Å². The van der Waals surface area contributed by atoms with Crippen LogP contribution in [0.3, 0.4) is 0 Å². The number of nitrogens with one attached hydrogen (secondary N) is 1. The van der Waals surface area contributed by atoms with Crippen molar-refractivity contribution < 1.29 is 14.3 Å². The molecule has 1 aliphatic heterocycles. The van der Waals surface area contributed by atoms with Crippen molar-refractivity contribution in [2.45, 2.75) is 31.8 Å².